The van der Waals surface area contributed by atoms with Gasteiger partial charge in [0.15, 0.2) is 0 Å². The first-order valence-corrected chi connectivity index (χ1v) is 8.28. The van der Waals surface area contributed by atoms with E-state index in [1.807, 2.05) is 0 Å². The summed E-state index contributed by atoms with van der Waals surface area (Å²) in [7, 11) is 0. The number of benzene rings is 2. The first-order valence-electron chi connectivity index (χ1n) is 8.28. The number of hydrogen-bond acceptors (Lipinski definition) is 1. The number of nitrogens with zero attached hydrogens (tertiary/aromatic N) is 1. The maximum atomic E-state index is 3.54. The molecule has 0 aromatic heterocycles. The van der Waals surface area contributed by atoms with Crippen molar-refractivity contribution in [3.8, 4) is 11.8 Å². The molecule has 0 N–H and O–H groups in total. The standard InChI is InChI=1S/C21H23N/c1-2-3-4-8-15-21-20-14-10-9-11-18(20)16-17-22(21)19-12-6-5-7-13-19/h5-7,9-14,21H,2-4,16-17H2,1H3/t21-/m0/s1. The fourth-order valence-electron chi connectivity index (χ4n) is 3.05. The van der Waals surface area contributed by atoms with Gasteiger partial charge in [-0.25, -0.2) is 0 Å². The molecule has 3 rings (SSSR count). The van der Waals surface area contributed by atoms with Gasteiger partial charge in [-0.3, -0.25) is 0 Å². The predicted molar refractivity (Wildman–Crippen MR) is 94.0 cm³/mol. The highest BCUT2D eigenvalue weighted by atomic mass is 15.2. The predicted octanol–water partition coefficient (Wildman–Crippen LogP) is 4.98. The molecule has 1 heterocycles. The van der Waals surface area contributed by atoms with Gasteiger partial charge in [0.25, 0.3) is 0 Å². The fraction of sp³-hybridized carbons (Fsp3) is 0.333. The Hall–Kier alpha value is -2.20. The quantitative estimate of drug-likeness (QED) is 0.568. The van der Waals surface area contributed by atoms with Gasteiger partial charge in [-0.15, -0.1) is 5.92 Å². The van der Waals surface area contributed by atoms with Gasteiger partial charge in [-0.1, -0.05) is 61.7 Å². The minimum atomic E-state index is 0.184. The molecular formula is C21H23N. The van der Waals surface area contributed by atoms with E-state index >= 15 is 0 Å². The molecule has 1 heteroatoms. The lowest BCUT2D eigenvalue weighted by molar-refractivity contribution is 0.681. The molecule has 112 valence electrons. The van der Waals surface area contributed by atoms with Crippen molar-refractivity contribution >= 4 is 5.69 Å². The SMILES string of the molecule is CCCCC#C[C@H]1c2ccccc2CCN1c1ccccc1. The minimum absolute atomic E-state index is 0.184. The molecule has 0 saturated heterocycles. The average Bonchev–Trinajstić information content (AvgIpc) is 2.59. The van der Waals surface area contributed by atoms with Gasteiger partial charge in [-0.05, 0) is 36.1 Å². The van der Waals surface area contributed by atoms with Crippen LogP contribution in [0.5, 0.6) is 0 Å². The van der Waals surface area contributed by atoms with Crippen LogP contribution in [0, 0.1) is 11.8 Å². The minimum Gasteiger partial charge on any atom is -0.353 e. The molecule has 0 bridgehead atoms. The van der Waals surface area contributed by atoms with E-state index in [1.165, 1.54) is 29.7 Å². The van der Waals surface area contributed by atoms with Crippen molar-refractivity contribution in [2.45, 2.75) is 38.6 Å². The summed E-state index contributed by atoms with van der Waals surface area (Å²) in [4.78, 5) is 2.45. The molecule has 1 aliphatic heterocycles. The van der Waals surface area contributed by atoms with Gasteiger partial charge in [0.2, 0.25) is 0 Å². The fourth-order valence-corrected chi connectivity index (χ4v) is 3.05. The molecule has 0 aliphatic carbocycles. The van der Waals surface area contributed by atoms with E-state index in [4.69, 9.17) is 0 Å². The van der Waals surface area contributed by atoms with E-state index < -0.39 is 0 Å². The van der Waals surface area contributed by atoms with Crippen LogP contribution in [0.2, 0.25) is 0 Å². The first kappa shape index (κ1) is 14.7. The van der Waals surface area contributed by atoms with Crippen LogP contribution in [-0.2, 0) is 6.42 Å². The lowest BCUT2D eigenvalue weighted by atomic mass is 9.92. The number of hydrogen-bond donors (Lipinski definition) is 0. The molecule has 0 spiro atoms. The Kier molecular flexibility index (Phi) is 4.81. The largest absolute Gasteiger partial charge is 0.353 e. The Morgan fingerprint density at radius 2 is 1.82 bits per heavy atom. The van der Waals surface area contributed by atoms with E-state index in [2.05, 4.69) is 78.3 Å². The summed E-state index contributed by atoms with van der Waals surface area (Å²) in [5.74, 6) is 6.94. The number of fused-ring (bicyclic) bond motifs is 1. The molecule has 2 aromatic carbocycles. The monoisotopic (exact) mass is 289 g/mol. The Morgan fingerprint density at radius 1 is 1.05 bits per heavy atom. The van der Waals surface area contributed by atoms with E-state index in [1.54, 1.807) is 0 Å². The van der Waals surface area contributed by atoms with Crippen molar-refractivity contribution in [3.63, 3.8) is 0 Å². The molecule has 0 amide bonds. The van der Waals surface area contributed by atoms with Crippen LogP contribution in [0.3, 0.4) is 0 Å². The van der Waals surface area contributed by atoms with Crippen LogP contribution in [-0.4, -0.2) is 6.54 Å². The van der Waals surface area contributed by atoms with E-state index in [-0.39, 0.29) is 6.04 Å². The second-order valence-corrected chi connectivity index (χ2v) is 5.80. The maximum Gasteiger partial charge on any atom is 0.116 e. The van der Waals surface area contributed by atoms with Crippen molar-refractivity contribution in [3.05, 3.63) is 65.7 Å². The highest BCUT2D eigenvalue weighted by Crippen LogP contribution is 2.33. The number of anilines is 1. The zero-order chi connectivity index (χ0) is 15.2. The third-order valence-corrected chi connectivity index (χ3v) is 4.27. The summed E-state index contributed by atoms with van der Waals surface area (Å²) in [6.07, 6.45) is 4.49. The molecule has 2 aromatic rings. The van der Waals surface area contributed by atoms with E-state index in [0.29, 0.717) is 0 Å². The van der Waals surface area contributed by atoms with Crippen molar-refractivity contribution in [2.75, 3.05) is 11.4 Å². The van der Waals surface area contributed by atoms with Gasteiger partial charge in [0.1, 0.15) is 6.04 Å². The van der Waals surface area contributed by atoms with Crippen molar-refractivity contribution in [1.29, 1.82) is 0 Å². The number of para-hydroxylation sites is 1. The topological polar surface area (TPSA) is 3.24 Å². The highest BCUT2D eigenvalue weighted by molar-refractivity contribution is 5.55. The second kappa shape index (κ2) is 7.18. The lowest BCUT2D eigenvalue weighted by Gasteiger charge is -2.36. The van der Waals surface area contributed by atoms with Crippen LogP contribution in [0.25, 0.3) is 0 Å². The van der Waals surface area contributed by atoms with Gasteiger partial charge < -0.3 is 4.90 Å². The molecule has 0 radical (unpaired) electrons. The Bertz CT molecular complexity index is 663. The Labute approximate surface area is 134 Å². The van der Waals surface area contributed by atoms with Gasteiger partial charge in [0.05, 0.1) is 0 Å². The Balaban J connectivity index is 1.94. The molecular weight excluding hydrogens is 266 g/mol. The van der Waals surface area contributed by atoms with Crippen molar-refractivity contribution < 1.29 is 0 Å². The third kappa shape index (κ3) is 3.17. The lowest BCUT2D eigenvalue weighted by Crippen LogP contribution is -2.34. The summed E-state index contributed by atoms with van der Waals surface area (Å²) in [6.45, 7) is 3.25. The van der Waals surface area contributed by atoms with Gasteiger partial charge in [-0.2, -0.15) is 0 Å². The normalized spacial score (nSPS) is 16.6. The summed E-state index contributed by atoms with van der Waals surface area (Å²) < 4.78 is 0. The van der Waals surface area contributed by atoms with Gasteiger partial charge in [0, 0.05) is 18.7 Å². The summed E-state index contributed by atoms with van der Waals surface area (Å²) in [6, 6.07) is 19.6. The average molecular weight is 289 g/mol. The molecule has 0 saturated carbocycles. The van der Waals surface area contributed by atoms with Crippen molar-refractivity contribution in [1.82, 2.24) is 0 Å². The first-order chi connectivity index (χ1) is 10.9. The molecule has 1 nitrogen and oxygen atoms in total. The van der Waals surface area contributed by atoms with Gasteiger partial charge >= 0.3 is 0 Å². The van der Waals surface area contributed by atoms with E-state index in [0.717, 1.165) is 19.4 Å². The summed E-state index contributed by atoms with van der Waals surface area (Å²) in [5.41, 5.74) is 4.10. The third-order valence-electron chi connectivity index (χ3n) is 4.27. The van der Waals surface area contributed by atoms with E-state index in [9.17, 15) is 0 Å². The maximum absolute atomic E-state index is 3.54. The summed E-state index contributed by atoms with van der Waals surface area (Å²) >= 11 is 0. The second-order valence-electron chi connectivity index (χ2n) is 5.80. The van der Waals surface area contributed by atoms with Crippen LogP contribution in [0.4, 0.5) is 5.69 Å². The molecule has 22 heavy (non-hydrogen) atoms. The highest BCUT2D eigenvalue weighted by Gasteiger charge is 2.25. The van der Waals surface area contributed by atoms with Crippen LogP contribution < -0.4 is 4.90 Å². The molecule has 1 aliphatic rings. The Morgan fingerprint density at radius 3 is 2.64 bits per heavy atom. The zero-order valence-corrected chi connectivity index (χ0v) is 13.3. The number of unbranched alkanes of at least 4 members (excludes halogenated alkanes) is 2. The van der Waals surface area contributed by atoms with Crippen molar-refractivity contribution in [2.24, 2.45) is 0 Å². The summed E-state index contributed by atoms with van der Waals surface area (Å²) in [5, 5.41) is 0. The van der Waals surface area contributed by atoms with Crippen LogP contribution in [0.15, 0.2) is 54.6 Å². The van der Waals surface area contributed by atoms with Crippen LogP contribution >= 0.6 is 0 Å². The number of rotatable bonds is 3. The smallest absolute Gasteiger partial charge is 0.116 e. The molecule has 1 atom stereocenters. The van der Waals surface area contributed by atoms with Crippen LogP contribution in [0.1, 0.15) is 43.4 Å². The molecule has 0 fully saturated rings. The zero-order valence-electron chi connectivity index (χ0n) is 13.3. The molecule has 0 unspecified atom stereocenters.